The molecule has 1 aromatic carbocycles. The van der Waals surface area contributed by atoms with Crippen molar-refractivity contribution in [2.75, 3.05) is 34.4 Å². The van der Waals surface area contributed by atoms with E-state index in [4.69, 9.17) is 14.2 Å². The van der Waals surface area contributed by atoms with Gasteiger partial charge in [-0.05, 0) is 44.8 Å². The second-order valence-corrected chi connectivity index (χ2v) is 8.20. The van der Waals surface area contributed by atoms with Gasteiger partial charge in [-0.25, -0.2) is 4.98 Å². The summed E-state index contributed by atoms with van der Waals surface area (Å²) in [4.78, 5) is 20.7. The third kappa shape index (κ3) is 3.45. The van der Waals surface area contributed by atoms with Gasteiger partial charge in [0.15, 0.2) is 11.5 Å². The summed E-state index contributed by atoms with van der Waals surface area (Å²) >= 11 is 0. The molecule has 1 saturated heterocycles. The molecule has 1 aromatic heterocycles. The quantitative estimate of drug-likeness (QED) is 0.741. The van der Waals surface area contributed by atoms with Gasteiger partial charge in [-0.15, -0.1) is 0 Å². The molecule has 0 radical (unpaired) electrons. The number of rotatable bonds is 6. The van der Waals surface area contributed by atoms with Gasteiger partial charge >= 0.3 is 0 Å². The lowest BCUT2D eigenvalue weighted by atomic mass is 9.92. The first kappa shape index (κ1) is 20.0. The van der Waals surface area contributed by atoms with E-state index < -0.39 is 0 Å². The zero-order valence-electron chi connectivity index (χ0n) is 17.7. The van der Waals surface area contributed by atoms with Gasteiger partial charge in [0, 0.05) is 12.1 Å². The van der Waals surface area contributed by atoms with Crippen LogP contribution in [0.4, 0.5) is 0 Å². The summed E-state index contributed by atoms with van der Waals surface area (Å²) in [7, 11) is 4.66. The lowest BCUT2D eigenvalue weighted by molar-refractivity contribution is 0.0546. The third-order valence-corrected chi connectivity index (χ3v) is 6.65. The number of aromatic nitrogens is 2. The molecule has 1 saturated carbocycles. The van der Waals surface area contributed by atoms with E-state index in [0.717, 1.165) is 25.9 Å². The van der Waals surface area contributed by atoms with Gasteiger partial charge < -0.3 is 14.2 Å². The van der Waals surface area contributed by atoms with Gasteiger partial charge in [-0.2, -0.15) is 0 Å². The van der Waals surface area contributed by atoms with Crippen LogP contribution in [0.3, 0.4) is 0 Å². The number of nitrogens with zero attached hydrogens (tertiary/aromatic N) is 3. The molecule has 2 heterocycles. The largest absolute Gasteiger partial charge is 0.493 e. The van der Waals surface area contributed by atoms with E-state index in [1.54, 1.807) is 38.3 Å². The van der Waals surface area contributed by atoms with E-state index in [0.29, 0.717) is 34.7 Å². The zero-order valence-corrected chi connectivity index (χ0v) is 17.7. The molecule has 0 amide bonds. The van der Waals surface area contributed by atoms with Crippen LogP contribution in [0.2, 0.25) is 0 Å². The zero-order chi connectivity index (χ0) is 20.4. The Morgan fingerprint density at radius 1 is 0.966 bits per heavy atom. The SMILES string of the molecule is COc1cc2c(=O)n(CC3(N4CCCCC4)CCCC3)cnc2c(OC)c1OC. The Morgan fingerprint density at radius 2 is 1.66 bits per heavy atom. The Hall–Kier alpha value is -2.28. The van der Waals surface area contributed by atoms with Crippen LogP contribution in [-0.2, 0) is 6.54 Å². The predicted octanol–water partition coefficient (Wildman–Crippen LogP) is 3.22. The second-order valence-electron chi connectivity index (χ2n) is 8.20. The molecule has 7 nitrogen and oxygen atoms in total. The van der Waals surface area contributed by atoms with Crippen molar-refractivity contribution in [3.63, 3.8) is 0 Å². The smallest absolute Gasteiger partial charge is 0.261 e. The minimum atomic E-state index is -0.0578. The monoisotopic (exact) mass is 401 g/mol. The Kier molecular flexibility index (Phi) is 5.67. The molecule has 29 heavy (non-hydrogen) atoms. The minimum absolute atomic E-state index is 0.0578. The average molecular weight is 402 g/mol. The highest BCUT2D eigenvalue weighted by Gasteiger charge is 2.40. The van der Waals surface area contributed by atoms with Gasteiger partial charge in [0.2, 0.25) is 5.75 Å². The molecule has 4 rings (SSSR count). The number of benzene rings is 1. The number of hydrogen-bond donors (Lipinski definition) is 0. The Labute approximate surface area is 171 Å². The van der Waals surface area contributed by atoms with Crippen LogP contribution in [0.5, 0.6) is 17.2 Å². The van der Waals surface area contributed by atoms with E-state index in [1.165, 1.54) is 32.1 Å². The van der Waals surface area contributed by atoms with E-state index >= 15 is 0 Å². The van der Waals surface area contributed by atoms with Crippen molar-refractivity contribution in [1.29, 1.82) is 0 Å². The van der Waals surface area contributed by atoms with Crippen molar-refractivity contribution in [2.24, 2.45) is 0 Å². The van der Waals surface area contributed by atoms with Crippen molar-refractivity contribution in [3.8, 4) is 17.2 Å². The number of fused-ring (bicyclic) bond motifs is 1. The molecule has 0 atom stereocenters. The molecule has 158 valence electrons. The first-order valence-corrected chi connectivity index (χ1v) is 10.6. The Morgan fingerprint density at radius 3 is 2.28 bits per heavy atom. The summed E-state index contributed by atoms with van der Waals surface area (Å²) in [5.41, 5.74) is 0.516. The van der Waals surface area contributed by atoms with Gasteiger partial charge in [0.25, 0.3) is 5.56 Å². The summed E-state index contributed by atoms with van der Waals surface area (Å²) in [5, 5.41) is 0.494. The van der Waals surface area contributed by atoms with E-state index in [2.05, 4.69) is 9.88 Å². The summed E-state index contributed by atoms with van der Waals surface area (Å²) in [6.45, 7) is 2.95. The van der Waals surface area contributed by atoms with Gasteiger partial charge in [0.05, 0.1) is 33.0 Å². The molecule has 2 aromatic rings. The molecule has 1 aliphatic carbocycles. The summed E-state index contributed by atoms with van der Waals surface area (Å²) in [6, 6.07) is 1.71. The second kappa shape index (κ2) is 8.22. The normalized spacial score (nSPS) is 19.4. The molecule has 0 unspecified atom stereocenters. The fourth-order valence-corrected chi connectivity index (χ4v) is 5.17. The standard InChI is InChI=1S/C22H31N3O4/c1-27-17-13-16-18(20(29-3)19(17)28-2)23-15-24(21(16)26)14-22(9-5-6-10-22)25-11-7-4-8-12-25/h13,15H,4-12,14H2,1-3H3. The van der Waals surface area contributed by atoms with Gasteiger partial charge in [0.1, 0.15) is 5.52 Å². The average Bonchev–Trinajstić information content (AvgIpc) is 3.24. The van der Waals surface area contributed by atoms with Crippen molar-refractivity contribution in [1.82, 2.24) is 14.5 Å². The van der Waals surface area contributed by atoms with Crippen LogP contribution in [0.1, 0.15) is 44.9 Å². The number of ether oxygens (including phenoxy) is 3. The summed E-state index contributed by atoms with van der Waals surface area (Å²) in [5.74, 6) is 1.35. The molecule has 7 heteroatoms. The Bertz CT molecular complexity index is 928. The van der Waals surface area contributed by atoms with Crippen LogP contribution in [0.25, 0.3) is 10.9 Å². The van der Waals surface area contributed by atoms with Crippen molar-refractivity contribution < 1.29 is 14.2 Å². The number of likely N-dealkylation sites (tertiary alicyclic amines) is 1. The highest BCUT2D eigenvalue weighted by Crippen LogP contribution is 2.42. The fraction of sp³-hybridized carbons (Fsp3) is 0.636. The first-order valence-electron chi connectivity index (χ1n) is 10.6. The van der Waals surface area contributed by atoms with Crippen LogP contribution in [0.15, 0.2) is 17.2 Å². The highest BCUT2D eigenvalue weighted by atomic mass is 16.5. The molecule has 0 bridgehead atoms. The van der Waals surface area contributed by atoms with Crippen molar-refractivity contribution in [2.45, 2.75) is 57.0 Å². The van der Waals surface area contributed by atoms with Crippen molar-refractivity contribution >= 4 is 10.9 Å². The molecule has 2 aliphatic rings. The maximum atomic E-state index is 13.4. The first-order chi connectivity index (χ1) is 14.1. The van der Waals surface area contributed by atoms with Crippen LogP contribution < -0.4 is 19.8 Å². The number of methoxy groups -OCH3 is 3. The highest BCUT2D eigenvalue weighted by molar-refractivity contribution is 5.89. The molecular weight excluding hydrogens is 370 g/mol. The lowest BCUT2D eigenvalue weighted by Gasteiger charge is -2.44. The Balaban J connectivity index is 1.78. The molecule has 1 aliphatic heterocycles. The van der Waals surface area contributed by atoms with Crippen LogP contribution in [0, 0.1) is 0 Å². The molecular formula is C22H31N3O4. The maximum absolute atomic E-state index is 13.4. The minimum Gasteiger partial charge on any atom is -0.493 e. The summed E-state index contributed by atoms with van der Waals surface area (Å²) < 4.78 is 18.2. The predicted molar refractivity (Wildman–Crippen MR) is 112 cm³/mol. The molecule has 0 spiro atoms. The van der Waals surface area contributed by atoms with Gasteiger partial charge in [-0.3, -0.25) is 14.3 Å². The fourth-order valence-electron chi connectivity index (χ4n) is 5.17. The molecule has 0 N–H and O–H groups in total. The van der Waals surface area contributed by atoms with Crippen LogP contribution in [-0.4, -0.2) is 54.4 Å². The van der Waals surface area contributed by atoms with Gasteiger partial charge in [-0.1, -0.05) is 19.3 Å². The number of hydrogen-bond acceptors (Lipinski definition) is 6. The van der Waals surface area contributed by atoms with E-state index in [9.17, 15) is 4.79 Å². The lowest BCUT2D eigenvalue weighted by Crippen LogP contribution is -2.52. The van der Waals surface area contributed by atoms with E-state index in [1.807, 2.05) is 0 Å². The maximum Gasteiger partial charge on any atom is 0.261 e. The molecule has 2 fully saturated rings. The number of piperidine rings is 1. The topological polar surface area (TPSA) is 65.8 Å². The van der Waals surface area contributed by atoms with Crippen molar-refractivity contribution in [3.05, 3.63) is 22.7 Å². The third-order valence-electron chi connectivity index (χ3n) is 6.65. The van der Waals surface area contributed by atoms with Crippen LogP contribution >= 0.6 is 0 Å². The summed E-state index contributed by atoms with van der Waals surface area (Å²) in [6.07, 6.45) is 10.2. The van der Waals surface area contributed by atoms with E-state index in [-0.39, 0.29) is 11.1 Å².